The second kappa shape index (κ2) is 5.27. The third kappa shape index (κ3) is 3.28. The lowest BCUT2D eigenvalue weighted by atomic mass is 10.2. The number of allylic oxidation sites excluding steroid dienone is 1. The lowest BCUT2D eigenvalue weighted by molar-refractivity contribution is -0.0810. The Hall–Kier alpha value is -0.430. The van der Waals surface area contributed by atoms with Gasteiger partial charge >= 0.3 is 6.18 Å². The van der Waals surface area contributed by atoms with Gasteiger partial charge in [-0.1, -0.05) is 11.6 Å². The first-order valence-electron chi connectivity index (χ1n) is 4.13. The maximum absolute atomic E-state index is 12.4. The molecule has 0 aliphatic rings. The summed E-state index contributed by atoms with van der Waals surface area (Å²) in [4.78, 5) is 0. The lowest BCUT2D eigenvalue weighted by Crippen LogP contribution is -2.07. The number of methoxy groups -OCH3 is 1. The van der Waals surface area contributed by atoms with Crippen LogP contribution in [0.25, 0.3) is 5.03 Å². The van der Waals surface area contributed by atoms with Crippen LogP contribution in [0.2, 0.25) is 0 Å². The zero-order chi connectivity index (χ0) is 12.3. The number of benzene rings is 1. The van der Waals surface area contributed by atoms with Gasteiger partial charge in [-0.15, -0.1) is 0 Å². The minimum Gasteiger partial charge on any atom is -0.497 e. The van der Waals surface area contributed by atoms with Gasteiger partial charge < -0.3 is 4.74 Å². The van der Waals surface area contributed by atoms with Crippen molar-refractivity contribution in [2.24, 2.45) is 0 Å². The Kier molecular flexibility index (Phi) is 4.49. The molecule has 0 atom stereocenters. The molecule has 0 amide bonds. The van der Waals surface area contributed by atoms with Gasteiger partial charge in [0, 0.05) is 0 Å². The van der Waals surface area contributed by atoms with Gasteiger partial charge in [0.05, 0.1) is 12.1 Å². The van der Waals surface area contributed by atoms with Crippen LogP contribution in [0.4, 0.5) is 13.2 Å². The molecular weight excluding hydrogens is 355 g/mol. The van der Waals surface area contributed by atoms with E-state index in [0.29, 0.717) is 11.3 Å². The number of rotatable bonds is 2. The highest BCUT2D eigenvalue weighted by Gasteiger charge is 2.34. The molecule has 0 aliphatic carbocycles. The average Bonchev–Trinajstić information content (AvgIpc) is 2.26. The van der Waals surface area contributed by atoms with Crippen LogP contribution in [-0.2, 0) is 0 Å². The number of hydrogen-bond donors (Lipinski definition) is 0. The van der Waals surface area contributed by atoms with E-state index < -0.39 is 9.76 Å². The van der Waals surface area contributed by atoms with Gasteiger partial charge in [0.2, 0.25) is 0 Å². The van der Waals surface area contributed by atoms with Crippen LogP contribution in [0.5, 0.6) is 5.75 Å². The van der Waals surface area contributed by atoms with Crippen molar-refractivity contribution in [3.63, 3.8) is 0 Å². The zero-order valence-corrected chi connectivity index (χ0v) is 11.0. The fourth-order valence-electron chi connectivity index (χ4n) is 0.989. The summed E-state index contributed by atoms with van der Waals surface area (Å²) in [6, 6.07) is 6.06. The molecule has 0 fully saturated rings. The Labute approximate surface area is 109 Å². The summed E-state index contributed by atoms with van der Waals surface area (Å²) < 4.78 is 41.1. The Bertz CT molecular complexity index is 398. The SMILES string of the molecule is COc1ccc(/C(Cl)=C(\I)C(F)(F)F)cc1. The molecule has 0 aromatic heterocycles. The summed E-state index contributed by atoms with van der Waals surface area (Å²) in [5.41, 5.74) is 0.309. The van der Waals surface area contributed by atoms with E-state index in [0.717, 1.165) is 0 Å². The van der Waals surface area contributed by atoms with Crippen LogP contribution in [0.3, 0.4) is 0 Å². The Morgan fingerprint density at radius 1 is 1.25 bits per heavy atom. The van der Waals surface area contributed by atoms with Gasteiger partial charge in [-0.3, -0.25) is 0 Å². The van der Waals surface area contributed by atoms with E-state index >= 15 is 0 Å². The van der Waals surface area contributed by atoms with Crippen LogP contribution in [0.1, 0.15) is 5.56 Å². The molecule has 0 unspecified atom stereocenters. The summed E-state index contributed by atoms with van der Waals surface area (Å²) in [6.07, 6.45) is -4.42. The molecule has 0 aliphatic heterocycles. The molecule has 0 N–H and O–H groups in total. The molecule has 16 heavy (non-hydrogen) atoms. The third-order valence-corrected chi connectivity index (χ3v) is 3.66. The topological polar surface area (TPSA) is 9.23 Å². The van der Waals surface area contributed by atoms with Crippen molar-refractivity contribution < 1.29 is 17.9 Å². The molecule has 0 saturated heterocycles. The van der Waals surface area contributed by atoms with E-state index in [4.69, 9.17) is 16.3 Å². The van der Waals surface area contributed by atoms with Crippen LogP contribution in [0, 0.1) is 0 Å². The van der Waals surface area contributed by atoms with Gasteiger partial charge in [-0.25, -0.2) is 0 Å². The van der Waals surface area contributed by atoms with Crippen LogP contribution < -0.4 is 4.74 Å². The van der Waals surface area contributed by atoms with Gasteiger partial charge in [-0.05, 0) is 52.4 Å². The van der Waals surface area contributed by atoms with Gasteiger partial charge in [0.15, 0.2) is 0 Å². The van der Waals surface area contributed by atoms with Crippen molar-refractivity contribution in [1.82, 2.24) is 0 Å². The first-order chi connectivity index (χ1) is 7.36. The number of alkyl halides is 3. The van der Waals surface area contributed by atoms with Gasteiger partial charge in [-0.2, -0.15) is 13.2 Å². The predicted molar refractivity (Wildman–Crippen MR) is 65.8 cm³/mol. The highest BCUT2D eigenvalue weighted by Crippen LogP contribution is 2.39. The van der Waals surface area contributed by atoms with Crippen molar-refractivity contribution in [3.8, 4) is 5.75 Å². The zero-order valence-electron chi connectivity index (χ0n) is 8.11. The average molecular weight is 363 g/mol. The summed E-state index contributed by atoms with van der Waals surface area (Å²) in [7, 11) is 1.48. The van der Waals surface area contributed by atoms with Crippen molar-refractivity contribution in [2.45, 2.75) is 6.18 Å². The van der Waals surface area contributed by atoms with Crippen molar-refractivity contribution in [2.75, 3.05) is 7.11 Å². The number of ether oxygens (including phenoxy) is 1. The number of hydrogen-bond acceptors (Lipinski definition) is 1. The molecule has 1 rings (SSSR count). The highest BCUT2D eigenvalue weighted by atomic mass is 127. The molecule has 0 spiro atoms. The molecular formula is C10H7ClF3IO. The van der Waals surface area contributed by atoms with E-state index in [1.807, 2.05) is 0 Å². The van der Waals surface area contributed by atoms with Crippen LogP contribution in [-0.4, -0.2) is 13.3 Å². The first kappa shape index (κ1) is 13.6. The van der Waals surface area contributed by atoms with E-state index in [1.165, 1.54) is 41.8 Å². The quantitative estimate of drug-likeness (QED) is 0.699. The highest BCUT2D eigenvalue weighted by molar-refractivity contribution is 14.1. The van der Waals surface area contributed by atoms with Crippen molar-refractivity contribution in [1.29, 1.82) is 0 Å². The Morgan fingerprint density at radius 3 is 2.12 bits per heavy atom. The molecule has 0 heterocycles. The summed E-state index contributed by atoms with van der Waals surface area (Å²) in [5.74, 6) is 0.565. The molecule has 0 bridgehead atoms. The molecule has 6 heteroatoms. The minimum atomic E-state index is -4.42. The fraction of sp³-hybridized carbons (Fsp3) is 0.200. The van der Waals surface area contributed by atoms with Gasteiger partial charge in [0.1, 0.15) is 9.33 Å². The molecule has 1 aromatic rings. The molecule has 1 aromatic carbocycles. The second-order valence-electron chi connectivity index (χ2n) is 2.85. The smallest absolute Gasteiger partial charge is 0.423 e. The molecule has 0 radical (unpaired) electrons. The van der Waals surface area contributed by atoms with Crippen LogP contribution in [0.15, 0.2) is 27.8 Å². The van der Waals surface area contributed by atoms with E-state index in [2.05, 4.69) is 0 Å². The van der Waals surface area contributed by atoms with Crippen LogP contribution >= 0.6 is 34.2 Å². The lowest BCUT2D eigenvalue weighted by Gasteiger charge is -2.08. The Morgan fingerprint density at radius 2 is 1.75 bits per heavy atom. The first-order valence-corrected chi connectivity index (χ1v) is 5.59. The normalized spacial score (nSPS) is 13.4. The van der Waals surface area contributed by atoms with E-state index in [9.17, 15) is 13.2 Å². The maximum Gasteiger partial charge on any atom is 0.423 e. The second-order valence-corrected chi connectivity index (χ2v) is 4.31. The van der Waals surface area contributed by atoms with E-state index in [1.54, 1.807) is 12.1 Å². The minimum absolute atomic E-state index is 0.309. The van der Waals surface area contributed by atoms with Gasteiger partial charge in [0.25, 0.3) is 0 Å². The summed E-state index contributed by atoms with van der Waals surface area (Å²) in [6.45, 7) is 0. The largest absolute Gasteiger partial charge is 0.497 e. The van der Waals surface area contributed by atoms with Crippen molar-refractivity contribution >= 4 is 39.2 Å². The maximum atomic E-state index is 12.4. The third-order valence-electron chi connectivity index (χ3n) is 1.79. The molecule has 88 valence electrons. The van der Waals surface area contributed by atoms with Crippen molar-refractivity contribution in [3.05, 3.63) is 33.4 Å². The number of halogens is 5. The summed E-state index contributed by atoms with van der Waals surface area (Å²) >= 11 is 6.84. The monoisotopic (exact) mass is 362 g/mol. The summed E-state index contributed by atoms with van der Waals surface area (Å²) in [5, 5.41) is -0.309. The molecule has 1 nitrogen and oxygen atoms in total. The predicted octanol–water partition coefficient (Wildman–Crippen LogP) is 4.60. The Balaban J connectivity index is 3.09. The van der Waals surface area contributed by atoms with E-state index in [-0.39, 0.29) is 5.03 Å². The molecule has 0 saturated carbocycles. The fourth-order valence-corrected chi connectivity index (χ4v) is 1.53. The standard InChI is InChI=1S/C10H7ClF3IO/c1-16-7-4-2-6(3-5-7)8(11)9(15)10(12,13)14/h2-5H,1H3/b9-8+.